The Morgan fingerprint density at radius 1 is 1.50 bits per heavy atom. The molecule has 2 aliphatic rings. The standard InChI is InChI=1S/C14H21N5O3/c1-9(2)14(21)15-6-13(20)18-4-3-12-11(7-18)19-10(8-22-12)5-16-17-19/h5,9,11-12H,3-4,6-8H2,1-2H3,(H,15,21)/t11-,12+/m1/s1. The lowest BCUT2D eigenvalue weighted by atomic mass is 10.0. The van der Waals surface area contributed by atoms with Crippen molar-refractivity contribution in [1.82, 2.24) is 25.2 Å². The van der Waals surface area contributed by atoms with E-state index in [4.69, 9.17) is 4.74 Å². The van der Waals surface area contributed by atoms with Crippen LogP contribution in [0.3, 0.4) is 0 Å². The van der Waals surface area contributed by atoms with Crippen LogP contribution >= 0.6 is 0 Å². The predicted octanol–water partition coefficient (Wildman–Crippen LogP) is -0.277. The van der Waals surface area contributed by atoms with Crippen molar-refractivity contribution in [3.8, 4) is 0 Å². The van der Waals surface area contributed by atoms with Gasteiger partial charge in [0.1, 0.15) is 0 Å². The van der Waals surface area contributed by atoms with Crippen LogP contribution < -0.4 is 5.32 Å². The molecule has 2 amide bonds. The number of hydrogen-bond donors (Lipinski definition) is 1. The van der Waals surface area contributed by atoms with Crippen LogP contribution in [0.15, 0.2) is 6.20 Å². The number of ether oxygens (including phenoxy) is 1. The Kier molecular flexibility index (Phi) is 4.10. The van der Waals surface area contributed by atoms with E-state index in [1.807, 2.05) is 4.68 Å². The Hall–Kier alpha value is -1.96. The van der Waals surface area contributed by atoms with E-state index in [-0.39, 0.29) is 36.4 Å². The van der Waals surface area contributed by atoms with Gasteiger partial charge in [0.2, 0.25) is 11.8 Å². The van der Waals surface area contributed by atoms with Gasteiger partial charge in [0.25, 0.3) is 0 Å². The maximum atomic E-state index is 12.3. The van der Waals surface area contributed by atoms with E-state index in [9.17, 15) is 9.59 Å². The molecule has 8 nitrogen and oxygen atoms in total. The van der Waals surface area contributed by atoms with E-state index in [1.165, 1.54) is 0 Å². The number of likely N-dealkylation sites (tertiary alicyclic amines) is 1. The van der Waals surface area contributed by atoms with Crippen LogP contribution in [0.5, 0.6) is 0 Å². The third-order valence-corrected chi connectivity index (χ3v) is 4.22. The highest BCUT2D eigenvalue weighted by molar-refractivity contribution is 5.85. The first-order chi connectivity index (χ1) is 10.6. The van der Waals surface area contributed by atoms with E-state index in [1.54, 1.807) is 24.9 Å². The summed E-state index contributed by atoms with van der Waals surface area (Å²) < 4.78 is 7.68. The van der Waals surface area contributed by atoms with Crippen molar-refractivity contribution in [2.45, 2.75) is 39.0 Å². The number of nitrogens with zero attached hydrogens (tertiary/aromatic N) is 4. The Balaban J connectivity index is 1.61. The molecule has 3 rings (SSSR count). The average molecular weight is 307 g/mol. The maximum Gasteiger partial charge on any atom is 0.242 e. The van der Waals surface area contributed by atoms with Crippen molar-refractivity contribution in [2.75, 3.05) is 19.6 Å². The molecule has 0 spiro atoms. The molecule has 0 saturated carbocycles. The number of amides is 2. The number of fused-ring (bicyclic) bond motifs is 3. The summed E-state index contributed by atoms with van der Waals surface area (Å²) in [5.41, 5.74) is 0.934. The summed E-state index contributed by atoms with van der Waals surface area (Å²) in [6, 6.07) is 0.00440. The van der Waals surface area contributed by atoms with Gasteiger partial charge < -0.3 is 15.0 Å². The molecule has 0 radical (unpaired) electrons. The summed E-state index contributed by atoms with van der Waals surface area (Å²) in [5, 5.41) is 10.7. The third kappa shape index (κ3) is 2.83. The molecule has 1 aromatic rings. The van der Waals surface area contributed by atoms with E-state index in [2.05, 4.69) is 15.6 Å². The van der Waals surface area contributed by atoms with Gasteiger partial charge in [0.05, 0.1) is 37.2 Å². The zero-order valence-corrected chi connectivity index (χ0v) is 12.9. The number of piperidine rings is 1. The molecule has 22 heavy (non-hydrogen) atoms. The summed E-state index contributed by atoms with van der Waals surface area (Å²) >= 11 is 0. The smallest absolute Gasteiger partial charge is 0.242 e. The third-order valence-electron chi connectivity index (χ3n) is 4.22. The highest BCUT2D eigenvalue weighted by Gasteiger charge is 2.37. The van der Waals surface area contributed by atoms with Crippen LogP contribution in [0.2, 0.25) is 0 Å². The Labute approximate surface area is 128 Å². The highest BCUT2D eigenvalue weighted by atomic mass is 16.5. The van der Waals surface area contributed by atoms with Crippen LogP contribution in [0.4, 0.5) is 0 Å². The monoisotopic (exact) mass is 307 g/mol. The van der Waals surface area contributed by atoms with Gasteiger partial charge in [-0.1, -0.05) is 19.1 Å². The van der Waals surface area contributed by atoms with Gasteiger partial charge in [-0.05, 0) is 6.42 Å². The lowest BCUT2D eigenvalue weighted by Gasteiger charge is -2.41. The van der Waals surface area contributed by atoms with Crippen LogP contribution in [-0.4, -0.2) is 57.4 Å². The van der Waals surface area contributed by atoms with Crippen molar-refractivity contribution in [3.63, 3.8) is 0 Å². The SMILES string of the molecule is CC(C)C(=O)NCC(=O)N1CC[C@@H]2OCc3cnnn3[C@@H]2C1. The minimum atomic E-state index is -0.122. The van der Waals surface area contributed by atoms with Gasteiger partial charge in [-0.3, -0.25) is 9.59 Å². The second kappa shape index (κ2) is 6.04. The molecular formula is C14H21N5O3. The fourth-order valence-electron chi connectivity index (χ4n) is 2.88. The van der Waals surface area contributed by atoms with E-state index in [0.29, 0.717) is 19.7 Å². The minimum absolute atomic E-state index is 0.00440. The van der Waals surface area contributed by atoms with Crippen LogP contribution in [0, 0.1) is 5.92 Å². The summed E-state index contributed by atoms with van der Waals surface area (Å²) in [5.74, 6) is -0.300. The number of rotatable bonds is 3. The zero-order valence-electron chi connectivity index (χ0n) is 12.9. The number of aromatic nitrogens is 3. The van der Waals surface area contributed by atoms with Gasteiger partial charge >= 0.3 is 0 Å². The Morgan fingerprint density at radius 2 is 2.32 bits per heavy atom. The normalized spacial score (nSPS) is 23.9. The molecular weight excluding hydrogens is 286 g/mol. The lowest BCUT2D eigenvalue weighted by molar-refractivity contribution is -0.139. The van der Waals surface area contributed by atoms with Crippen LogP contribution in [0.1, 0.15) is 32.0 Å². The zero-order chi connectivity index (χ0) is 15.7. The van der Waals surface area contributed by atoms with E-state index < -0.39 is 0 Å². The highest BCUT2D eigenvalue weighted by Crippen LogP contribution is 2.29. The van der Waals surface area contributed by atoms with E-state index in [0.717, 1.165) is 12.1 Å². The van der Waals surface area contributed by atoms with Crippen LogP contribution in [0.25, 0.3) is 0 Å². The van der Waals surface area contributed by atoms with Gasteiger partial charge in [0.15, 0.2) is 0 Å². The molecule has 8 heteroatoms. The first-order valence-electron chi connectivity index (χ1n) is 7.62. The quantitative estimate of drug-likeness (QED) is 0.830. The molecule has 120 valence electrons. The molecule has 0 aliphatic carbocycles. The fraction of sp³-hybridized carbons (Fsp3) is 0.714. The summed E-state index contributed by atoms with van der Waals surface area (Å²) in [7, 11) is 0. The van der Waals surface area contributed by atoms with Crippen molar-refractivity contribution >= 4 is 11.8 Å². The molecule has 1 saturated heterocycles. The van der Waals surface area contributed by atoms with Gasteiger partial charge in [-0.2, -0.15) is 0 Å². The number of carbonyl (C=O) groups is 2. The first-order valence-corrected chi connectivity index (χ1v) is 7.62. The molecule has 3 heterocycles. The lowest BCUT2D eigenvalue weighted by Crippen LogP contribution is -2.52. The van der Waals surface area contributed by atoms with Gasteiger partial charge in [0, 0.05) is 19.0 Å². The topological polar surface area (TPSA) is 89.3 Å². The van der Waals surface area contributed by atoms with Gasteiger partial charge in [-0.25, -0.2) is 4.68 Å². The van der Waals surface area contributed by atoms with Crippen molar-refractivity contribution in [2.24, 2.45) is 5.92 Å². The van der Waals surface area contributed by atoms with Gasteiger partial charge in [-0.15, -0.1) is 5.10 Å². The van der Waals surface area contributed by atoms with Crippen molar-refractivity contribution < 1.29 is 14.3 Å². The maximum absolute atomic E-state index is 12.3. The second-order valence-corrected chi connectivity index (χ2v) is 6.09. The fourth-order valence-corrected chi connectivity index (χ4v) is 2.88. The molecule has 1 fully saturated rings. The molecule has 1 aromatic heterocycles. The Bertz CT molecular complexity index is 571. The summed E-state index contributed by atoms with van der Waals surface area (Å²) in [6.07, 6.45) is 2.54. The molecule has 0 unspecified atom stereocenters. The summed E-state index contributed by atoms with van der Waals surface area (Å²) in [6.45, 7) is 5.35. The molecule has 1 N–H and O–H groups in total. The molecule has 0 aromatic carbocycles. The number of hydrogen-bond acceptors (Lipinski definition) is 5. The largest absolute Gasteiger partial charge is 0.370 e. The first kappa shape index (κ1) is 15.0. The predicted molar refractivity (Wildman–Crippen MR) is 76.7 cm³/mol. The molecule has 2 aliphatic heterocycles. The Morgan fingerprint density at radius 3 is 3.09 bits per heavy atom. The summed E-state index contributed by atoms with van der Waals surface area (Å²) in [4.78, 5) is 25.6. The number of carbonyl (C=O) groups excluding carboxylic acids is 2. The van der Waals surface area contributed by atoms with Crippen molar-refractivity contribution in [3.05, 3.63) is 11.9 Å². The second-order valence-electron chi connectivity index (χ2n) is 6.09. The van der Waals surface area contributed by atoms with E-state index >= 15 is 0 Å². The minimum Gasteiger partial charge on any atom is -0.370 e. The molecule has 2 atom stereocenters. The molecule has 0 bridgehead atoms. The number of nitrogens with one attached hydrogen (secondary N) is 1. The van der Waals surface area contributed by atoms with Crippen LogP contribution in [-0.2, 0) is 20.9 Å². The average Bonchev–Trinajstić information content (AvgIpc) is 3.00. The van der Waals surface area contributed by atoms with Crippen molar-refractivity contribution in [1.29, 1.82) is 0 Å².